The largest absolute Gasteiger partial charge is 0.393 e. The van der Waals surface area contributed by atoms with Gasteiger partial charge >= 0.3 is 0 Å². The Balaban J connectivity index is 2.06. The van der Waals surface area contributed by atoms with Gasteiger partial charge in [0.2, 0.25) is 0 Å². The summed E-state index contributed by atoms with van der Waals surface area (Å²) in [6, 6.07) is 5.48. The lowest BCUT2D eigenvalue weighted by Gasteiger charge is -2.30. The highest BCUT2D eigenvalue weighted by molar-refractivity contribution is 5.39. The minimum Gasteiger partial charge on any atom is -0.393 e. The highest BCUT2D eigenvalue weighted by atomic mass is 16.3. The molecule has 1 unspecified atom stereocenters. The predicted octanol–water partition coefficient (Wildman–Crippen LogP) is 3.57. The molecule has 0 bridgehead atoms. The third-order valence-corrected chi connectivity index (χ3v) is 4.35. The number of aliphatic hydroxyl groups excluding tert-OH is 1. The lowest BCUT2D eigenvalue weighted by atomic mass is 9.90. The van der Waals surface area contributed by atoms with Crippen molar-refractivity contribution in [1.29, 1.82) is 0 Å². The van der Waals surface area contributed by atoms with Crippen molar-refractivity contribution in [3.8, 4) is 0 Å². The fourth-order valence-corrected chi connectivity index (χ4v) is 3.55. The molecule has 0 aliphatic heterocycles. The van der Waals surface area contributed by atoms with Crippen molar-refractivity contribution in [3.05, 3.63) is 34.4 Å². The molecule has 0 aromatic heterocycles. The van der Waals surface area contributed by atoms with E-state index in [1.165, 1.54) is 22.3 Å². The van der Waals surface area contributed by atoms with Gasteiger partial charge in [-0.15, -0.1) is 0 Å². The van der Waals surface area contributed by atoms with Gasteiger partial charge in [-0.05, 0) is 70.1 Å². The third kappa shape index (κ3) is 3.58. The summed E-state index contributed by atoms with van der Waals surface area (Å²) >= 11 is 0. The van der Waals surface area contributed by atoms with Gasteiger partial charge in [-0.2, -0.15) is 0 Å². The first-order chi connectivity index (χ1) is 8.97. The van der Waals surface area contributed by atoms with E-state index < -0.39 is 0 Å². The number of aryl methyl sites for hydroxylation is 3. The van der Waals surface area contributed by atoms with Crippen LogP contribution >= 0.6 is 0 Å². The van der Waals surface area contributed by atoms with Gasteiger partial charge in [0.25, 0.3) is 0 Å². The van der Waals surface area contributed by atoms with Crippen LogP contribution in [-0.4, -0.2) is 17.3 Å². The minimum atomic E-state index is -0.0730. The van der Waals surface area contributed by atoms with Crippen molar-refractivity contribution in [1.82, 2.24) is 5.32 Å². The van der Waals surface area contributed by atoms with Crippen LogP contribution in [0, 0.1) is 20.8 Å². The van der Waals surface area contributed by atoms with Crippen LogP contribution in [-0.2, 0) is 0 Å². The molecular weight excluding hydrogens is 234 g/mol. The van der Waals surface area contributed by atoms with E-state index in [2.05, 4.69) is 45.1 Å². The Bertz CT molecular complexity index is 410. The van der Waals surface area contributed by atoms with Crippen molar-refractivity contribution in [3.63, 3.8) is 0 Å². The molecule has 1 aromatic carbocycles. The zero-order valence-corrected chi connectivity index (χ0v) is 12.7. The zero-order valence-electron chi connectivity index (χ0n) is 12.7. The van der Waals surface area contributed by atoms with Gasteiger partial charge in [0.15, 0.2) is 0 Å². The molecule has 1 fully saturated rings. The Morgan fingerprint density at radius 1 is 1.05 bits per heavy atom. The minimum absolute atomic E-state index is 0.0730. The SMILES string of the molecule is Cc1cc(C)c(C(C)NC2CCC(O)CC2)c(C)c1. The first kappa shape index (κ1) is 14.5. The maximum atomic E-state index is 9.57. The number of nitrogens with one attached hydrogen (secondary N) is 1. The Kier molecular flexibility index (Phi) is 4.64. The number of aliphatic hydroxyl groups is 1. The molecule has 106 valence electrons. The van der Waals surface area contributed by atoms with E-state index in [1.807, 2.05) is 0 Å². The summed E-state index contributed by atoms with van der Waals surface area (Å²) in [5.41, 5.74) is 5.55. The second kappa shape index (κ2) is 6.06. The molecule has 0 amide bonds. The van der Waals surface area contributed by atoms with Crippen molar-refractivity contribution < 1.29 is 5.11 Å². The highest BCUT2D eigenvalue weighted by Crippen LogP contribution is 2.26. The quantitative estimate of drug-likeness (QED) is 0.872. The monoisotopic (exact) mass is 261 g/mol. The highest BCUT2D eigenvalue weighted by Gasteiger charge is 2.22. The Labute approximate surface area is 117 Å². The first-order valence-electron chi connectivity index (χ1n) is 7.49. The summed E-state index contributed by atoms with van der Waals surface area (Å²) in [5.74, 6) is 0. The molecule has 1 aliphatic rings. The van der Waals surface area contributed by atoms with E-state index in [4.69, 9.17) is 0 Å². The second-order valence-electron chi connectivity index (χ2n) is 6.21. The predicted molar refractivity (Wildman–Crippen MR) is 80.5 cm³/mol. The molecule has 0 radical (unpaired) electrons. The van der Waals surface area contributed by atoms with Gasteiger partial charge in [0.1, 0.15) is 0 Å². The topological polar surface area (TPSA) is 32.3 Å². The summed E-state index contributed by atoms with van der Waals surface area (Å²) in [6.45, 7) is 8.83. The van der Waals surface area contributed by atoms with Crippen LogP contribution in [0.1, 0.15) is 60.9 Å². The fraction of sp³-hybridized carbons (Fsp3) is 0.647. The normalized spacial score (nSPS) is 25.3. The van der Waals surface area contributed by atoms with Gasteiger partial charge in [0, 0.05) is 12.1 Å². The van der Waals surface area contributed by atoms with E-state index in [1.54, 1.807) is 0 Å². The maximum absolute atomic E-state index is 9.57. The average molecular weight is 261 g/mol. The van der Waals surface area contributed by atoms with E-state index in [-0.39, 0.29) is 6.10 Å². The average Bonchev–Trinajstić information content (AvgIpc) is 2.30. The summed E-state index contributed by atoms with van der Waals surface area (Å²) < 4.78 is 0. The lowest BCUT2D eigenvalue weighted by Crippen LogP contribution is -2.36. The molecule has 2 N–H and O–H groups in total. The van der Waals surface area contributed by atoms with Crippen LogP contribution in [0.3, 0.4) is 0 Å². The molecule has 0 saturated heterocycles. The second-order valence-corrected chi connectivity index (χ2v) is 6.21. The third-order valence-electron chi connectivity index (χ3n) is 4.35. The smallest absolute Gasteiger partial charge is 0.0541 e. The molecule has 0 heterocycles. The van der Waals surface area contributed by atoms with Crippen LogP contribution in [0.25, 0.3) is 0 Å². The molecule has 1 atom stereocenters. The van der Waals surface area contributed by atoms with Crippen LogP contribution in [0.4, 0.5) is 0 Å². The molecule has 1 aromatic rings. The molecule has 19 heavy (non-hydrogen) atoms. The molecule has 2 nitrogen and oxygen atoms in total. The summed E-state index contributed by atoms with van der Waals surface area (Å²) in [4.78, 5) is 0. The van der Waals surface area contributed by atoms with Gasteiger partial charge < -0.3 is 10.4 Å². The summed E-state index contributed by atoms with van der Waals surface area (Å²) in [6.07, 6.45) is 3.99. The van der Waals surface area contributed by atoms with Gasteiger partial charge in [-0.1, -0.05) is 17.7 Å². The molecule has 0 spiro atoms. The van der Waals surface area contributed by atoms with Crippen molar-refractivity contribution in [2.75, 3.05) is 0 Å². The molecule has 1 saturated carbocycles. The zero-order chi connectivity index (χ0) is 14.0. The van der Waals surface area contributed by atoms with Gasteiger partial charge in [-0.25, -0.2) is 0 Å². The molecular formula is C17H27NO. The van der Waals surface area contributed by atoms with Crippen molar-refractivity contribution >= 4 is 0 Å². The van der Waals surface area contributed by atoms with Gasteiger partial charge in [-0.3, -0.25) is 0 Å². The Hall–Kier alpha value is -0.860. The summed E-state index contributed by atoms with van der Waals surface area (Å²) in [7, 11) is 0. The van der Waals surface area contributed by atoms with E-state index >= 15 is 0 Å². The molecule has 2 rings (SSSR count). The molecule has 2 heteroatoms. The van der Waals surface area contributed by atoms with Crippen molar-refractivity contribution in [2.45, 2.75) is 71.6 Å². The van der Waals surface area contributed by atoms with E-state index in [0.29, 0.717) is 12.1 Å². The maximum Gasteiger partial charge on any atom is 0.0541 e. The van der Waals surface area contributed by atoms with E-state index in [9.17, 15) is 5.11 Å². The Morgan fingerprint density at radius 3 is 2.11 bits per heavy atom. The van der Waals surface area contributed by atoms with Gasteiger partial charge in [0.05, 0.1) is 6.10 Å². The number of benzene rings is 1. The van der Waals surface area contributed by atoms with Crippen LogP contribution in [0.15, 0.2) is 12.1 Å². The fourth-order valence-electron chi connectivity index (χ4n) is 3.55. The number of rotatable bonds is 3. The number of hydrogen-bond donors (Lipinski definition) is 2. The first-order valence-corrected chi connectivity index (χ1v) is 7.49. The lowest BCUT2D eigenvalue weighted by molar-refractivity contribution is 0.114. The van der Waals surface area contributed by atoms with Crippen molar-refractivity contribution in [2.24, 2.45) is 0 Å². The van der Waals surface area contributed by atoms with E-state index in [0.717, 1.165) is 25.7 Å². The van der Waals surface area contributed by atoms with Crippen LogP contribution in [0.5, 0.6) is 0 Å². The summed E-state index contributed by atoms with van der Waals surface area (Å²) in [5, 5.41) is 13.3. The Morgan fingerprint density at radius 2 is 1.58 bits per heavy atom. The van der Waals surface area contributed by atoms with Crippen LogP contribution < -0.4 is 5.32 Å². The van der Waals surface area contributed by atoms with Crippen LogP contribution in [0.2, 0.25) is 0 Å². The standard InChI is InChI=1S/C17H27NO/c1-11-9-12(2)17(13(3)10-11)14(4)18-15-5-7-16(19)8-6-15/h9-10,14-16,18-19H,5-8H2,1-4H3. The number of hydrogen-bond acceptors (Lipinski definition) is 2. The molecule has 1 aliphatic carbocycles.